The van der Waals surface area contributed by atoms with Gasteiger partial charge in [-0.15, -0.1) is 0 Å². The van der Waals surface area contributed by atoms with E-state index in [9.17, 15) is 4.79 Å². The maximum absolute atomic E-state index is 10.6. The number of nitrogens with one attached hydrogen (secondary N) is 1. The fraction of sp³-hybridized carbons (Fsp3) is 0.118. The van der Waals surface area contributed by atoms with Gasteiger partial charge in [-0.2, -0.15) is 0 Å². The van der Waals surface area contributed by atoms with Gasteiger partial charge in [0.25, 0.3) is 0 Å². The molecule has 0 bridgehead atoms. The Hall–Kier alpha value is -2.55. The summed E-state index contributed by atoms with van der Waals surface area (Å²) in [5.41, 5.74) is 4.33. The van der Waals surface area contributed by atoms with Crippen LogP contribution >= 0.6 is 0 Å². The maximum atomic E-state index is 10.6. The Morgan fingerprint density at radius 1 is 1.25 bits per heavy atom. The first kappa shape index (κ1) is 13.9. The summed E-state index contributed by atoms with van der Waals surface area (Å²) in [5, 5.41) is 7.81. The highest BCUT2D eigenvalue weighted by molar-refractivity contribution is 6.21. The molecule has 0 atom stereocenters. The fourth-order valence-corrected chi connectivity index (χ4v) is 1.85. The van der Waals surface area contributed by atoms with Crippen molar-refractivity contribution in [2.45, 2.75) is 13.3 Å². The molecule has 1 heterocycles. The summed E-state index contributed by atoms with van der Waals surface area (Å²) in [6.07, 6.45) is 3.21. The number of pyridine rings is 1. The molecule has 100 valence electrons. The molecule has 0 saturated carbocycles. The molecule has 0 unspecified atom stereocenters. The molecule has 1 aromatic heterocycles. The molecule has 1 aromatic carbocycles. The smallest absolute Gasteiger partial charge is 0.151 e. The summed E-state index contributed by atoms with van der Waals surface area (Å²) in [6.45, 7) is 5.56. The third kappa shape index (κ3) is 3.26. The van der Waals surface area contributed by atoms with E-state index < -0.39 is 0 Å². The highest BCUT2D eigenvalue weighted by atomic mass is 16.1. The van der Waals surface area contributed by atoms with Crippen LogP contribution in [0.1, 0.15) is 22.4 Å². The zero-order chi connectivity index (χ0) is 14.5. The van der Waals surface area contributed by atoms with Crippen molar-refractivity contribution in [1.82, 2.24) is 4.98 Å². The highest BCUT2D eigenvalue weighted by Crippen LogP contribution is 2.12. The number of hydrogen-bond donors (Lipinski definition) is 1. The average Bonchev–Trinajstić information content (AvgIpc) is 2.49. The first-order valence-corrected chi connectivity index (χ1v) is 6.34. The summed E-state index contributed by atoms with van der Waals surface area (Å²) in [5.74, 6) is 0. The van der Waals surface area contributed by atoms with Gasteiger partial charge in [0, 0.05) is 29.4 Å². The Labute approximate surface area is 118 Å². The Kier molecular flexibility index (Phi) is 4.20. The van der Waals surface area contributed by atoms with Gasteiger partial charge in [-0.1, -0.05) is 36.9 Å². The van der Waals surface area contributed by atoms with Crippen molar-refractivity contribution in [2.75, 3.05) is 0 Å². The van der Waals surface area contributed by atoms with E-state index in [1.54, 1.807) is 0 Å². The van der Waals surface area contributed by atoms with Crippen molar-refractivity contribution in [3.63, 3.8) is 0 Å². The summed E-state index contributed by atoms with van der Waals surface area (Å²) >= 11 is 0. The molecular formula is C17H16N2O. The minimum atomic E-state index is 0.167. The number of carbonyl (C=O) groups excluding carboxylic acids is 1. The second-order valence-corrected chi connectivity index (χ2v) is 4.72. The van der Waals surface area contributed by atoms with E-state index >= 15 is 0 Å². The lowest BCUT2D eigenvalue weighted by atomic mass is 10.0. The van der Waals surface area contributed by atoms with Gasteiger partial charge in [-0.3, -0.25) is 15.2 Å². The predicted molar refractivity (Wildman–Crippen MR) is 80.3 cm³/mol. The number of aryl methyl sites for hydroxylation is 1. The second-order valence-electron chi connectivity index (χ2n) is 4.72. The molecule has 0 spiro atoms. The van der Waals surface area contributed by atoms with Crippen molar-refractivity contribution in [3.8, 4) is 0 Å². The minimum absolute atomic E-state index is 0.167. The summed E-state index contributed by atoms with van der Waals surface area (Å²) in [6, 6.07) is 11.6. The third-order valence-corrected chi connectivity index (χ3v) is 3.06. The largest absolute Gasteiger partial charge is 0.300 e. The van der Waals surface area contributed by atoms with E-state index in [2.05, 4.69) is 11.6 Å². The van der Waals surface area contributed by atoms with Gasteiger partial charge in [-0.25, -0.2) is 0 Å². The number of nitrogens with zero attached hydrogens (tertiary/aromatic N) is 1. The van der Waals surface area contributed by atoms with Crippen LogP contribution < -0.4 is 0 Å². The molecular weight excluding hydrogens is 248 g/mol. The zero-order valence-electron chi connectivity index (χ0n) is 11.4. The third-order valence-electron chi connectivity index (χ3n) is 3.06. The zero-order valence-corrected chi connectivity index (χ0v) is 11.4. The van der Waals surface area contributed by atoms with Crippen molar-refractivity contribution >= 4 is 12.0 Å². The SMILES string of the molecule is C=C(C=O)C(=N)c1ccc(Cc2ccc(C)cn2)cc1. The standard InChI is InChI=1S/C17H16N2O/c1-12-3-8-16(19-10-12)9-14-4-6-15(7-5-14)17(18)13(2)11-20/h3-8,10-11,18H,2,9H2,1H3. The summed E-state index contributed by atoms with van der Waals surface area (Å²) in [7, 11) is 0. The molecule has 0 aliphatic heterocycles. The van der Waals surface area contributed by atoms with E-state index in [0.717, 1.165) is 23.2 Å². The molecule has 0 amide bonds. The quantitative estimate of drug-likeness (QED) is 0.512. The lowest BCUT2D eigenvalue weighted by molar-refractivity contribution is -0.104. The lowest BCUT2D eigenvalue weighted by Crippen LogP contribution is -2.03. The molecule has 0 saturated heterocycles. The molecule has 1 N–H and O–H groups in total. The van der Waals surface area contributed by atoms with Crippen molar-refractivity contribution in [1.29, 1.82) is 5.41 Å². The monoisotopic (exact) mass is 264 g/mol. The lowest BCUT2D eigenvalue weighted by Gasteiger charge is -2.05. The Morgan fingerprint density at radius 2 is 1.95 bits per heavy atom. The number of rotatable bonds is 5. The number of aldehydes is 1. The highest BCUT2D eigenvalue weighted by Gasteiger charge is 2.05. The molecule has 20 heavy (non-hydrogen) atoms. The molecule has 0 aliphatic rings. The molecule has 2 rings (SSSR count). The van der Waals surface area contributed by atoms with Crippen LogP contribution in [0.3, 0.4) is 0 Å². The van der Waals surface area contributed by atoms with Gasteiger partial charge < -0.3 is 0 Å². The topological polar surface area (TPSA) is 53.8 Å². The number of aromatic nitrogens is 1. The first-order chi connectivity index (χ1) is 9.60. The van der Waals surface area contributed by atoms with Gasteiger partial charge in [0.2, 0.25) is 0 Å². The molecule has 3 nitrogen and oxygen atoms in total. The van der Waals surface area contributed by atoms with E-state index in [4.69, 9.17) is 5.41 Å². The molecule has 0 aliphatic carbocycles. The van der Waals surface area contributed by atoms with Gasteiger partial charge in [0.1, 0.15) is 0 Å². The van der Waals surface area contributed by atoms with Crippen LogP contribution in [0.15, 0.2) is 54.7 Å². The van der Waals surface area contributed by atoms with Crippen LogP contribution in [0, 0.1) is 12.3 Å². The van der Waals surface area contributed by atoms with E-state index in [1.165, 1.54) is 0 Å². The Bertz CT molecular complexity index is 640. The summed E-state index contributed by atoms with van der Waals surface area (Å²) in [4.78, 5) is 15.0. The minimum Gasteiger partial charge on any atom is -0.300 e. The molecule has 0 radical (unpaired) electrons. The maximum Gasteiger partial charge on any atom is 0.151 e. The number of benzene rings is 1. The number of carbonyl (C=O) groups is 1. The first-order valence-electron chi connectivity index (χ1n) is 6.34. The normalized spacial score (nSPS) is 10.1. The van der Waals surface area contributed by atoms with Gasteiger partial charge in [-0.05, 0) is 24.1 Å². The van der Waals surface area contributed by atoms with E-state index in [0.29, 0.717) is 11.8 Å². The van der Waals surface area contributed by atoms with Crippen molar-refractivity contribution in [2.24, 2.45) is 0 Å². The number of allylic oxidation sites excluding steroid dienone is 1. The van der Waals surface area contributed by atoms with Gasteiger partial charge in [0.05, 0.1) is 5.71 Å². The van der Waals surface area contributed by atoms with Crippen LogP contribution in [0.2, 0.25) is 0 Å². The van der Waals surface area contributed by atoms with Crippen LogP contribution in [0.25, 0.3) is 0 Å². The molecule has 3 heteroatoms. The summed E-state index contributed by atoms with van der Waals surface area (Å²) < 4.78 is 0. The second kappa shape index (κ2) is 6.06. The van der Waals surface area contributed by atoms with E-state index in [-0.39, 0.29) is 11.3 Å². The van der Waals surface area contributed by atoms with Crippen molar-refractivity contribution in [3.05, 3.63) is 77.1 Å². The predicted octanol–water partition coefficient (Wildman–Crippen LogP) is 3.10. The van der Waals surface area contributed by atoms with E-state index in [1.807, 2.05) is 49.5 Å². The number of hydrogen-bond acceptors (Lipinski definition) is 3. The van der Waals surface area contributed by atoms with Crippen LogP contribution in [-0.4, -0.2) is 17.0 Å². The fourth-order valence-electron chi connectivity index (χ4n) is 1.85. The van der Waals surface area contributed by atoms with Gasteiger partial charge >= 0.3 is 0 Å². The molecule has 2 aromatic rings. The Morgan fingerprint density at radius 3 is 2.50 bits per heavy atom. The average molecular weight is 264 g/mol. The van der Waals surface area contributed by atoms with Crippen LogP contribution in [0.5, 0.6) is 0 Å². The van der Waals surface area contributed by atoms with Gasteiger partial charge in [0.15, 0.2) is 6.29 Å². The Balaban J connectivity index is 2.12. The van der Waals surface area contributed by atoms with Crippen molar-refractivity contribution < 1.29 is 4.79 Å². The van der Waals surface area contributed by atoms with Crippen LogP contribution in [0.4, 0.5) is 0 Å². The van der Waals surface area contributed by atoms with Crippen LogP contribution in [-0.2, 0) is 11.2 Å². The molecule has 0 fully saturated rings.